The average molecular weight is 440 g/mol. The van der Waals surface area contributed by atoms with E-state index in [0.29, 0.717) is 13.0 Å². The van der Waals surface area contributed by atoms with Gasteiger partial charge in [-0.25, -0.2) is 4.79 Å². The van der Waals surface area contributed by atoms with Crippen molar-refractivity contribution in [1.82, 2.24) is 15.5 Å². The molecule has 1 unspecified atom stereocenters. The predicted molar refractivity (Wildman–Crippen MR) is 120 cm³/mol. The Hall–Kier alpha value is -3.39. The van der Waals surface area contributed by atoms with Crippen molar-refractivity contribution in [3.63, 3.8) is 0 Å². The number of rotatable bonds is 10. The van der Waals surface area contributed by atoms with E-state index in [1.807, 2.05) is 55.4 Å². The zero-order valence-electron chi connectivity index (χ0n) is 18.3. The van der Waals surface area contributed by atoms with E-state index in [9.17, 15) is 14.4 Å². The molecule has 2 aromatic rings. The second kappa shape index (κ2) is 10.8. The topological polar surface area (TPSA) is 108 Å². The summed E-state index contributed by atoms with van der Waals surface area (Å²) in [5, 5.41) is 13.9. The molecule has 3 N–H and O–H groups in total. The predicted octanol–water partition coefficient (Wildman–Crippen LogP) is 2.44. The average Bonchev–Trinajstić information content (AvgIpc) is 3.08. The van der Waals surface area contributed by atoms with E-state index in [1.165, 1.54) is 0 Å². The quantitative estimate of drug-likeness (QED) is 0.525. The number of carbonyl (C=O) groups is 3. The van der Waals surface area contributed by atoms with E-state index < -0.39 is 24.0 Å². The molecule has 0 heterocycles. The number of hydrogen-bond donors (Lipinski definition) is 3. The third-order valence-electron chi connectivity index (χ3n) is 5.46. The molecule has 0 aromatic heterocycles. The van der Waals surface area contributed by atoms with Gasteiger partial charge in [-0.2, -0.15) is 0 Å². The lowest BCUT2D eigenvalue weighted by Gasteiger charge is -2.21. The maximum atomic E-state index is 12.5. The normalized spacial score (nSPS) is 13.2. The summed E-state index contributed by atoms with van der Waals surface area (Å²) in [6.07, 6.45) is -0.489. The van der Waals surface area contributed by atoms with Gasteiger partial charge < -0.3 is 25.4 Å². The maximum absolute atomic E-state index is 12.5. The Morgan fingerprint density at radius 2 is 1.62 bits per heavy atom. The molecular formula is C24H29N3O5. The van der Waals surface area contributed by atoms with E-state index in [2.05, 4.69) is 22.8 Å². The van der Waals surface area contributed by atoms with Crippen LogP contribution in [0.2, 0.25) is 0 Å². The Kier molecular flexibility index (Phi) is 7.83. The Labute approximate surface area is 187 Å². The number of ether oxygens (including phenoxy) is 1. The van der Waals surface area contributed by atoms with Gasteiger partial charge in [0.2, 0.25) is 5.91 Å². The molecule has 8 heteroatoms. The number of hydrogen-bond acceptors (Lipinski definition) is 5. The fraction of sp³-hybridized carbons (Fsp3) is 0.375. The lowest BCUT2D eigenvalue weighted by Crippen LogP contribution is -2.48. The Balaban J connectivity index is 1.62. The van der Waals surface area contributed by atoms with Crippen LogP contribution in [0.1, 0.15) is 29.9 Å². The molecule has 8 nitrogen and oxygen atoms in total. The van der Waals surface area contributed by atoms with Crippen LogP contribution in [0.25, 0.3) is 11.1 Å². The van der Waals surface area contributed by atoms with Crippen LogP contribution >= 0.6 is 0 Å². The van der Waals surface area contributed by atoms with Crippen LogP contribution in [-0.2, 0) is 14.3 Å². The summed E-state index contributed by atoms with van der Waals surface area (Å²) in [5.74, 6) is -1.50. The second-order valence-corrected chi connectivity index (χ2v) is 8.05. The van der Waals surface area contributed by atoms with Gasteiger partial charge in [-0.15, -0.1) is 0 Å². The summed E-state index contributed by atoms with van der Waals surface area (Å²) < 4.78 is 5.53. The van der Waals surface area contributed by atoms with Crippen molar-refractivity contribution in [2.24, 2.45) is 0 Å². The fourth-order valence-electron chi connectivity index (χ4n) is 3.85. The van der Waals surface area contributed by atoms with Gasteiger partial charge in [0.15, 0.2) is 0 Å². The van der Waals surface area contributed by atoms with Crippen molar-refractivity contribution in [1.29, 1.82) is 0 Å². The lowest BCUT2D eigenvalue weighted by atomic mass is 9.98. The number of carboxylic acids is 1. The molecule has 2 aromatic carbocycles. The first-order valence-electron chi connectivity index (χ1n) is 10.6. The maximum Gasteiger partial charge on any atom is 0.407 e. The molecule has 0 spiro atoms. The minimum atomic E-state index is -1.00. The van der Waals surface area contributed by atoms with Gasteiger partial charge in [0.1, 0.15) is 12.6 Å². The number of fused-ring (bicyclic) bond motifs is 3. The van der Waals surface area contributed by atoms with Gasteiger partial charge in [0.25, 0.3) is 0 Å². The molecule has 1 atom stereocenters. The molecule has 0 bridgehead atoms. The number of aliphatic carboxylic acids is 1. The van der Waals surface area contributed by atoms with Gasteiger partial charge >= 0.3 is 12.1 Å². The monoisotopic (exact) mass is 439 g/mol. The SMILES string of the molecule is CN(C)CCC(NC(=O)OCC1c2ccccc2-c2ccccc21)C(=O)NCCC(=O)O. The highest BCUT2D eigenvalue weighted by Gasteiger charge is 2.29. The Morgan fingerprint density at radius 1 is 1.03 bits per heavy atom. The highest BCUT2D eigenvalue weighted by molar-refractivity contribution is 5.86. The van der Waals surface area contributed by atoms with Crippen molar-refractivity contribution in [3.8, 4) is 11.1 Å². The molecule has 0 fully saturated rings. The van der Waals surface area contributed by atoms with E-state index in [-0.39, 0.29) is 25.5 Å². The molecule has 2 amide bonds. The summed E-state index contributed by atoms with van der Waals surface area (Å²) in [5.41, 5.74) is 4.49. The van der Waals surface area contributed by atoms with Crippen LogP contribution in [0, 0.1) is 0 Å². The molecule has 170 valence electrons. The highest BCUT2D eigenvalue weighted by Crippen LogP contribution is 2.44. The second-order valence-electron chi connectivity index (χ2n) is 8.05. The zero-order valence-corrected chi connectivity index (χ0v) is 18.3. The third kappa shape index (κ3) is 5.85. The zero-order chi connectivity index (χ0) is 23.1. The first-order valence-corrected chi connectivity index (χ1v) is 10.6. The minimum Gasteiger partial charge on any atom is -0.481 e. The van der Waals surface area contributed by atoms with Gasteiger partial charge in [-0.3, -0.25) is 9.59 Å². The summed E-state index contributed by atoms with van der Waals surface area (Å²) >= 11 is 0. The van der Waals surface area contributed by atoms with Crippen LogP contribution in [-0.4, -0.2) is 67.8 Å². The number of benzene rings is 2. The molecular weight excluding hydrogens is 410 g/mol. The number of nitrogens with one attached hydrogen (secondary N) is 2. The minimum absolute atomic E-state index is 0.000991. The van der Waals surface area contributed by atoms with Crippen molar-refractivity contribution < 1.29 is 24.2 Å². The standard InChI is InChI=1S/C24H29N3O5/c1-27(2)14-12-21(23(30)25-13-11-22(28)29)26-24(31)32-15-20-18-9-5-3-7-16(18)17-8-4-6-10-19(17)20/h3-10,20-21H,11-15H2,1-2H3,(H,25,30)(H,26,31)(H,28,29). The fourth-order valence-corrected chi connectivity index (χ4v) is 3.85. The molecule has 0 saturated heterocycles. The van der Waals surface area contributed by atoms with Crippen LogP contribution < -0.4 is 10.6 Å². The van der Waals surface area contributed by atoms with Crippen molar-refractivity contribution in [2.75, 3.05) is 33.8 Å². The van der Waals surface area contributed by atoms with E-state index in [1.54, 1.807) is 0 Å². The number of alkyl carbamates (subject to hydrolysis) is 1. The van der Waals surface area contributed by atoms with Crippen LogP contribution in [0.4, 0.5) is 4.79 Å². The van der Waals surface area contributed by atoms with Crippen LogP contribution in [0.3, 0.4) is 0 Å². The van der Waals surface area contributed by atoms with Crippen LogP contribution in [0.5, 0.6) is 0 Å². The largest absolute Gasteiger partial charge is 0.481 e. The Morgan fingerprint density at radius 3 is 2.19 bits per heavy atom. The number of nitrogens with zero attached hydrogens (tertiary/aromatic N) is 1. The number of carboxylic acid groups (broad SMARTS) is 1. The van der Waals surface area contributed by atoms with Crippen molar-refractivity contribution in [2.45, 2.75) is 24.8 Å². The van der Waals surface area contributed by atoms with Gasteiger partial charge in [0, 0.05) is 12.5 Å². The molecule has 1 aliphatic carbocycles. The van der Waals surface area contributed by atoms with E-state index in [4.69, 9.17) is 9.84 Å². The van der Waals surface area contributed by atoms with E-state index in [0.717, 1.165) is 22.3 Å². The van der Waals surface area contributed by atoms with Gasteiger partial charge in [0.05, 0.1) is 6.42 Å². The van der Waals surface area contributed by atoms with E-state index >= 15 is 0 Å². The molecule has 3 rings (SSSR count). The highest BCUT2D eigenvalue weighted by atomic mass is 16.5. The molecule has 0 aliphatic heterocycles. The van der Waals surface area contributed by atoms with Gasteiger partial charge in [-0.1, -0.05) is 48.5 Å². The van der Waals surface area contributed by atoms with Gasteiger partial charge in [-0.05, 0) is 49.3 Å². The number of carbonyl (C=O) groups excluding carboxylic acids is 2. The summed E-state index contributed by atoms with van der Waals surface area (Å²) in [7, 11) is 3.74. The van der Waals surface area contributed by atoms with Crippen molar-refractivity contribution >= 4 is 18.0 Å². The molecule has 0 saturated carbocycles. The number of amides is 2. The summed E-state index contributed by atoms with van der Waals surface area (Å²) in [6.45, 7) is 0.723. The summed E-state index contributed by atoms with van der Waals surface area (Å²) in [4.78, 5) is 37.6. The Bertz CT molecular complexity index is 930. The van der Waals surface area contributed by atoms with Crippen LogP contribution in [0.15, 0.2) is 48.5 Å². The summed E-state index contributed by atoms with van der Waals surface area (Å²) in [6, 6.07) is 15.3. The first kappa shape index (κ1) is 23.3. The molecule has 1 aliphatic rings. The molecule has 0 radical (unpaired) electrons. The third-order valence-corrected chi connectivity index (χ3v) is 5.46. The molecule has 32 heavy (non-hydrogen) atoms. The smallest absolute Gasteiger partial charge is 0.407 e. The lowest BCUT2D eigenvalue weighted by molar-refractivity contribution is -0.137. The first-order chi connectivity index (χ1) is 15.4. The van der Waals surface area contributed by atoms with Crippen molar-refractivity contribution in [3.05, 3.63) is 59.7 Å².